The molecule has 0 aromatic heterocycles. The van der Waals surface area contributed by atoms with Gasteiger partial charge in [-0.15, -0.1) is 0 Å². The van der Waals surface area contributed by atoms with E-state index in [1.165, 1.54) is 6.42 Å². The largest absolute Gasteiger partial charge is 0.493 e. The predicted molar refractivity (Wildman–Crippen MR) is 88.6 cm³/mol. The molecule has 126 valence electrons. The number of hydrogen-bond donors (Lipinski definition) is 2. The number of amides is 1. The minimum atomic E-state index is 0.0131. The molecule has 1 aromatic carbocycles. The Morgan fingerprint density at radius 3 is 2.61 bits per heavy atom. The summed E-state index contributed by atoms with van der Waals surface area (Å²) >= 11 is 0. The van der Waals surface area contributed by atoms with Gasteiger partial charge < -0.3 is 20.5 Å². The van der Waals surface area contributed by atoms with Crippen molar-refractivity contribution in [2.24, 2.45) is 23.5 Å². The first-order valence-electron chi connectivity index (χ1n) is 8.38. The number of hydrogen-bond acceptors (Lipinski definition) is 4. The molecule has 2 bridgehead atoms. The van der Waals surface area contributed by atoms with Crippen LogP contribution in [0.5, 0.6) is 11.5 Å². The molecule has 4 unspecified atom stereocenters. The Morgan fingerprint density at radius 1 is 1.22 bits per heavy atom. The highest BCUT2D eigenvalue weighted by molar-refractivity contribution is 5.80. The fraction of sp³-hybridized carbons (Fsp3) is 0.611. The number of benzene rings is 1. The van der Waals surface area contributed by atoms with Gasteiger partial charge in [-0.1, -0.05) is 6.07 Å². The molecule has 0 spiro atoms. The molecule has 3 rings (SSSR count). The number of carbonyl (C=O) groups excluding carboxylic acids is 1. The third kappa shape index (κ3) is 3.15. The quantitative estimate of drug-likeness (QED) is 0.838. The molecule has 0 radical (unpaired) electrons. The maximum Gasteiger partial charge on any atom is 0.224 e. The van der Waals surface area contributed by atoms with Crippen LogP contribution in [0.4, 0.5) is 0 Å². The van der Waals surface area contributed by atoms with Gasteiger partial charge >= 0.3 is 0 Å². The average Bonchev–Trinajstić information content (AvgIpc) is 3.15. The van der Waals surface area contributed by atoms with Crippen molar-refractivity contribution in [2.45, 2.75) is 31.7 Å². The lowest BCUT2D eigenvalue weighted by Crippen LogP contribution is -2.45. The molecule has 1 amide bonds. The second-order valence-electron chi connectivity index (χ2n) is 6.67. The van der Waals surface area contributed by atoms with Crippen molar-refractivity contribution in [1.29, 1.82) is 0 Å². The van der Waals surface area contributed by atoms with Crippen LogP contribution in [0.3, 0.4) is 0 Å². The second kappa shape index (κ2) is 6.79. The summed E-state index contributed by atoms with van der Waals surface area (Å²) in [5, 5.41) is 3.06. The summed E-state index contributed by atoms with van der Waals surface area (Å²) in [6, 6.07) is 5.89. The van der Waals surface area contributed by atoms with Crippen molar-refractivity contribution in [3.63, 3.8) is 0 Å². The highest BCUT2D eigenvalue weighted by Gasteiger charge is 2.48. The van der Waals surface area contributed by atoms with Crippen LogP contribution in [0.1, 0.15) is 24.8 Å². The van der Waals surface area contributed by atoms with Crippen LogP contribution in [0.15, 0.2) is 18.2 Å². The van der Waals surface area contributed by atoms with E-state index in [4.69, 9.17) is 15.2 Å². The highest BCUT2D eigenvalue weighted by atomic mass is 16.5. The normalized spacial score (nSPS) is 28.7. The van der Waals surface area contributed by atoms with Gasteiger partial charge in [0.1, 0.15) is 0 Å². The second-order valence-corrected chi connectivity index (χ2v) is 6.67. The van der Waals surface area contributed by atoms with Crippen LogP contribution in [0.25, 0.3) is 0 Å². The van der Waals surface area contributed by atoms with Gasteiger partial charge in [0.25, 0.3) is 0 Å². The molecule has 1 aromatic rings. The lowest BCUT2D eigenvalue weighted by molar-refractivity contribution is -0.127. The van der Waals surface area contributed by atoms with Crippen molar-refractivity contribution in [2.75, 3.05) is 20.8 Å². The molecule has 4 atom stereocenters. The molecule has 2 fully saturated rings. The summed E-state index contributed by atoms with van der Waals surface area (Å²) < 4.78 is 10.5. The smallest absolute Gasteiger partial charge is 0.224 e. The monoisotopic (exact) mass is 318 g/mol. The fourth-order valence-electron chi connectivity index (χ4n) is 4.21. The third-order valence-corrected chi connectivity index (χ3v) is 5.44. The number of nitrogens with one attached hydrogen (secondary N) is 1. The van der Waals surface area contributed by atoms with Gasteiger partial charge in [-0.2, -0.15) is 0 Å². The van der Waals surface area contributed by atoms with Crippen LogP contribution in [-0.4, -0.2) is 32.7 Å². The van der Waals surface area contributed by atoms with Gasteiger partial charge in [0.2, 0.25) is 5.91 Å². The molecule has 5 heteroatoms. The lowest BCUT2D eigenvalue weighted by atomic mass is 9.84. The maximum atomic E-state index is 12.4. The lowest BCUT2D eigenvalue weighted by Gasteiger charge is -2.27. The minimum Gasteiger partial charge on any atom is -0.493 e. The van der Waals surface area contributed by atoms with E-state index in [1.807, 2.05) is 18.2 Å². The number of methoxy groups -OCH3 is 2. The highest BCUT2D eigenvalue weighted by Crippen LogP contribution is 2.47. The van der Waals surface area contributed by atoms with E-state index >= 15 is 0 Å². The molecule has 2 aliphatic rings. The first-order chi connectivity index (χ1) is 11.1. The number of nitrogens with two attached hydrogens (primary N) is 1. The zero-order valence-corrected chi connectivity index (χ0v) is 13.9. The number of fused-ring (bicyclic) bond motifs is 2. The topological polar surface area (TPSA) is 73.6 Å². The Kier molecular flexibility index (Phi) is 4.76. The van der Waals surface area contributed by atoms with Crippen molar-refractivity contribution < 1.29 is 14.3 Å². The first-order valence-corrected chi connectivity index (χ1v) is 8.38. The summed E-state index contributed by atoms with van der Waals surface area (Å²) in [5.74, 6) is 2.63. The zero-order valence-electron chi connectivity index (χ0n) is 13.9. The van der Waals surface area contributed by atoms with Crippen molar-refractivity contribution >= 4 is 5.91 Å². The van der Waals surface area contributed by atoms with Crippen molar-refractivity contribution in [3.05, 3.63) is 23.8 Å². The third-order valence-electron chi connectivity index (χ3n) is 5.44. The fourth-order valence-corrected chi connectivity index (χ4v) is 4.21. The molecule has 2 aliphatic carbocycles. The van der Waals surface area contributed by atoms with Crippen LogP contribution >= 0.6 is 0 Å². The van der Waals surface area contributed by atoms with Gasteiger partial charge in [0.15, 0.2) is 11.5 Å². The summed E-state index contributed by atoms with van der Waals surface area (Å²) in [6.45, 7) is 0.620. The average molecular weight is 318 g/mol. The van der Waals surface area contributed by atoms with E-state index in [1.54, 1.807) is 14.2 Å². The summed E-state index contributed by atoms with van der Waals surface area (Å²) in [6.07, 6.45) is 4.25. The van der Waals surface area contributed by atoms with Crippen molar-refractivity contribution in [3.8, 4) is 11.5 Å². The predicted octanol–water partition coefficient (Wildman–Crippen LogP) is 1.74. The molecule has 0 saturated heterocycles. The number of rotatable bonds is 6. The molecule has 3 N–H and O–H groups in total. The van der Waals surface area contributed by atoms with Gasteiger partial charge in [0.05, 0.1) is 20.1 Å². The number of ether oxygens (including phenoxy) is 2. The van der Waals surface area contributed by atoms with Gasteiger partial charge in [0, 0.05) is 12.6 Å². The Hall–Kier alpha value is -1.75. The molecular weight excluding hydrogens is 292 g/mol. The van der Waals surface area contributed by atoms with Crippen LogP contribution in [0.2, 0.25) is 0 Å². The minimum absolute atomic E-state index is 0.0131. The Labute approximate surface area is 137 Å². The molecule has 0 heterocycles. The SMILES string of the molecule is COc1ccc(CCNC(=O)C2C3CCC(C3)C2N)cc1OC. The molecule has 2 saturated carbocycles. The summed E-state index contributed by atoms with van der Waals surface area (Å²) in [7, 11) is 3.25. The zero-order chi connectivity index (χ0) is 16.4. The van der Waals surface area contributed by atoms with Crippen LogP contribution in [0, 0.1) is 17.8 Å². The van der Waals surface area contributed by atoms with E-state index in [0.717, 1.165) is 24.8 Å². The molecule has 0 aliphatic heterocycles. The Morgan fingerprint density at radius 2 is 1.96 bits per heavy atom. The van der Waals surface area contributed by atoms with Crippen molar-refractivity contribution in [1.82, 2.24) is 5.32 Å². The van der Waals surface area contributed by atoms with Gasteiger partial charge in [-0.25, -0.2) is 0 Å². The first kappa shape index (κ1) is 16.1. The molecular formula is C18H26N2O3. The van der Waals surface area contributed by atoms with E-state index in [9.17, 15) is 4.79 Å². The Balaban J connectivity index is 1.52. The summed E-state index contributed by atoms with van der Waals surface area (Å²) in [5.41, 5.74) is 7.34. The Bertz CT molecular complexity index is 573. The van der Waals surface area contributed by atoms with E-state index in [0.29, 0.717) is 29.9 Å². The molecule has 23 heavy (non-hydrogen) atoms. The molecule has 5 nitrogen and oxygen atoms in total. The van der Waals surface area contributed by atoms with Crippen LogP contribution in [-0.2, 0) is 11.2 Å². The van der Waals surface area contributed by atoms with E-state index in [-0.39, 0.29) is 17.9 Å². The maximum absolute atomic E-state index is 12.4. The van der Waals surface area contributed by atoms with Gasteiger partial charge in [-0.05, 0) is 55.2 Å². The van der Waals surface area contributed by atoms with Crippen LogP contribution < -0.4 is 20.5 Å². The van der Waals surface area contributed by atoms with E-state index < -0.39 is 0 Å². The standard InChI is InChI=1S/C18H26N2O3/c1-22-14-6-3-11(9-15(14)23-2)7-8-20-18(21)16-12-4-5-13(10-12)17(16)19/h3,6,9,12-13,16-17H,4-5,7-8,10,19H2,1-2H3,(H,20,21). The number of carbonyl (C=O) groups is 1. The summed E-state index contributed by atoms with van der Waals surface area (Å²) in [4.78, 5) is 12.4. The van der Waals surface area contributed by atoms with E-state index in [2.05, 4.69) is 5.32 Å². The van der Waals surface area contributed by atoms with Gasteiger partial charge in [-0.3, -0.25) is 4.79 Å².